The maximum absolute atomic E-state index is 12.7. The summed E-state index contributed by atoms with van der Waals surface area (Å²) in [5, 5.41) is 13.3. The highest BCUT2D eigenvalue weighted by Gasteiger charge is 2.30. The number of aliphatic carboxylic acids is 1. The van der Waals surface area contributed by atoms with Crippen LogP contribution in [0.1, 0.15) is 40.8 Å². The fraction of sp³-hybridized carbons (Fsp3) is 0.348. The van der Waals surface area contributed by atoms with Gasteiger partial charge in [0.15, 0.2) is 5.82 Å². The second kappa shape index (κ2) is 8.64. The van der Waals surface area contributed by atoms with Crippen LogP contribution in [0.5, 0.6) is 5.75 Å². The molecule has 1 aliphatic carbocycles. The van der Waals surface area contributed by atoms with Crippen LogP contribution in [0.15, 0.2) is 42.7 Å². The van der Waals surface area contributed by atoms with Crippen LogP contribution in [0.4, 0.5) is 13.2 Å². The van der Waals surface area contributed by atoms with Crippen LogP contribution in [-0.4, -0.2) is 25.8 Å². The quantitative estimate of drug-likeness (QED) is 0.592. The lowest BCUT2D eigenvalue weighted by atomic mass is 9.82. The lowest BCUT2D eigenvalue weighted by molar-refractivity contribution is -0.138. The topological polar surface area (TPSA) is 77.2 Å². The van der Waals surface area contributed by atoms with Crippen LogP contribution in [0.2, 0.25) is 0 Å². The number of alkyl halides is 3. The first-order valence-electron chi connectivity index (χ1n) is 10.2. The monoisotopic (exact) mass is 445 g/mol. The average Bonchev–Trinajstić information content (AvgIpc) is 3.12. The number of hydrogen-bond acceptors (Lipinski definition) is 4. The summed E-state index contributed by atoms with van der Waals surface area (Å²) in [5.41, 5.74) is 3.01. The Morgan fingerprint density at radius 3 is 2.75 bits per heavy atom. The molecule has 6 nitrogen and oxygen atoms in total. The zero-order valence-electron chi connectivity index (χ0n) is 17.4. The number of aromatic nitrogens is 3. The lowest BCUT2D eigenvalue weighted by Gasteiger charge is -2.23. The first kappa shape index (κ1) is 21.9. The molecule has 0 radical (unpaired) electrons. The first-order chi connectivity index (χ1) is 15.2. The number of hydrogen-bond donors (Lipinski definition) is 1. The van der Waals surface area contributed by atoms with E-state index in [-0.39, 0.29) is 24.8 Å². The van der Waals surface area contributed by atoms with Gasteiger partial charge in [0, 0.05) is 24.4 Å². The Balaban J connectivity index is 1.42. The number of carbonyl (C=O) groups is 1. The van der Waals surface area contributed by atoms with Crippen LogP contribution in [0.3, 0.4) is 0 Å². The van der Waals surface area contributed by atoms with Crippen molar-refractivity contribution in [3.8, 4) is 11.6 Å². The summed E-state index contributed by atoms with van der Waals surface area (Å²) in [4.78, 5) is 14.8. The number of pyridine rings is 1. The van der Waals surface area contributed by atoms with Gasteiger partial charge in [-0.3, -0.25) is 4.79 Å². The lowest BCUT2D eigenvalue weighted by Crippen LogP contribution is -2.17. The van der Waals surface area contributed by atoms with E-state index in [1.165, 1.54) is 16.3 Å². The van der Waals surface area contributed by atoms with Gasteiger partial charge in [-0.05, 0) is 67.5 Å². The molecule has 2 aromatic heterocycles. The number of fused-ring (bicyclic) bond motifs is 1. The van der Waals surface area contributed by atoms with E-state index in [1.54, 1.807) is 13.1 Å². The Labute approximate surface area is 182 Å². The van der Waals surface area contributed by atoms with Crippen molar-refractivity contribution in [3.05, 3.63) is 70.7 Å². The number of nitrogens with zero attached hydrogens (tertiary/aromatic N) is 3. The molecule has 2 heterocycles. The van der Waals surface area contributed by atoms with Crippen molar-refractivity contribution in [2.45, 2.75) is 45.4 Å². The molecule has 1 atom stereocenters. The molecular formula is C23H22F3N3O3. The van der Waals surface area contributed by atoms with Crippen molar-refractivity contribution in [3.63, 3.8) is 0 Å². The normalized spacial score (nSPS) is 15.9. The standard InChI is InChI=1S/C23H22F3N3O3/c1-14-18(12-29(28-14)21-7-5-19(11-27-21)23(24,25)26)13-32-20-6-4-16-8-15(9-22(30)31)2-3-17(16)10-20/h4-7,10-12,15H,2-3,8-9,13H2,1H3,(H,30,31)/t15-/m1/s1. The zero-order valence-corrected chi connectivity index (χ0v) is 17.4. The second-order valence-electron chi connectivity index (χ2n) is 8.01. The van der Waals surface area contributed by atoms with Gasteiger partial charge in [-0.25, -0.2) is 9.67 Å². The second-order valence-corrected chi connectivity index (χ2v) is 8.01. The average molecular weight is 445 g/mol. The number of ether oxygens (including phenoxy) is 1. The molecule has 0 fully saturated rings. The molecule has 0 saturated carbocycles. The first-order valence-corrected chi connectivity index (χ1v) is 10.2. The molecule has 0 unspecified atom stereocenters. The van der Waals surface area contributed by atoms with Gasteiger partial charge in [0.05, 0.1) is 11.3 Å². The largest absolute Gasteiger partial charge is 0.489 e. The molecule has 32 heavy (non-hydrogen) atoms. The van der Waals surface area contributed by atoms with E-state index < -0.39 is 17.7 Å². The Morgan fingerprint density at radius 1 is 1.25 bits per heavy atom. The number of halogens is 3. The van der Waals surface area contributed by atoms with Gasteiger partial charge in [-0.15, -0.1) is 0 Å². The summed E-state index contributed by atoms with van der Waals surface area (Å²) in [7, 11) is 0. The number of carboxylic acid groups (broad SMARTS) is 1. The van der Waals surface area contributed by atoms with Crippen LogP contribution >= 0.6 is 0 Å². The number of benzene rings is 1. The van der Waals surface area contributed by atoms with E-state index in [1.807, 2.05) is 18.2 Å². The highest BCUT2D eigenvalue weighted by molar-refractivity contribution is 5.67. The third-order valence-corrected chi connectivity index (χ3v) is 5.68. The Hall–Kier alpha value is -3.36. The molecular weight excluding hydrogens is 423 g/mol. The predicted octanol–water partition coefficient (Wildman–Crippen LogP) is 4.75. The zero-order chi connectivity index (χ0) is 22.9. The Kier molecular flexibility index (Phi) is 5.90. The van der Waals surface area contributed by atoms with E-state index in [4.69, 9.17) is 9.84 Å². The molecule has 1 aliphatic rings. The summed E-state index contributed by atoms with van der Waals surface area (Å²) < 4.78 is 45.5. The molecule has 0 bridgehead atoms. The third kappa shape index (κ3) is 4.92. The van der Waals surface area contributed by atoms with Crippen LogP contribution in [-0.2, 0) is 30.4 Å². The number of aryl methyl sites for hydroxylation is 2. The minimum absolute atomic E-state index is 0.166. The van der Waals surface area contributed by atoms with E-state index in [9.17, 15) is 18.0 Å². The van der Waals surface area contributed by atoms with Crippen LogP contribution < -0.4 is 4.74 Å². The van der Waals surface area contributed by atoms with Gasteiger partial charge in [-0.1, -0.05) is 6.07 Å². The van der Waals surface area contributed by atoms with Crippen molar-refractivity contribution in [1.29, 1.82) is 0 Å². The van der Waals surface area contributed by atoms with E-state index in [2.05, 4.69) is 10.1 Å². The van der Waals surface area contributed by atoms with E-state index in [0.717, 1.165) is 42.7 Å². The fourth-order valence-electron chi connectivity index (χ4n) is 3.92. The molecule has 168 valence electrons. The summed E-state index contributed by atoms with van der Waals surface area (Å²) in [6.45, 7) is 2.06. The summed E-state index contributed by atoms with van der Waals surface area (Å²) >= 11 is 0. The molecule has 1 aromatic carbocycles. The fourth-order valence-corrected chi connectivity index (χ4v) is 3.92. The Bertz CT molecular complexity index is 1120. The smallest absolute Gasteiger partial charge is 0.417 e. The van der Waals surface area contributed by atoms with Gasteiger partial charge in [0.1, 0.15) is 12.4 Å². The van der Waals surface area contributed by atoms with Crippen molar-refractivity contribution < 1.29 is 27.8 Å². The van der Waals surface area contributed by atoms with E-state index >= 15 is 0 Å². The van der Waals surface area contributed by atoms with Gasteiger partial charge in [0.25, 0.3) is 0 Å². The van der Waals surface area contributed by atoms with E-state index in [0.29, 0.717) is 11.4 Å². The van der Waals surface area contributed by atoms with Crippen molar-refractivity contribution in [2.75, 3.05) is 0 Å². The van der Waals surface area contributed by atoms with Crippen molar-refractivity contribution >= 4 is 5.97 Å². The Morgan fingerprint density at radius 2 is 2.06 bits per heavy atom. The SMILES string of the molecule is Cc1nn(-c2ccc(C(F)(F)F)cn2)cc1COc1ccc2c(c1)CC[C@@H](CC(=O)O)C2. The summed E-state index contributed by atoms with van der Waals surface area (Å²) in [6, 6.07) is 8.11. The predicted molar refractivity (Wildman–Crippen MR) is 110 cm³/mol. The minimum Gasteiger partial charge on any atom is -0.489 e. The van der Waals surface area contributed by atoms with Gasteiger partial charge < -0.3 is 9.84 Å². The molecule has 0 aliphatic heterocycles. The molecule has 0 amide bonds. The molecule has 3 aromatic rings. The molecule has 9 heteroatoms. The molecule has 4 rings (SSSR count). The maximum atomic E-state index is 12.7. The molecule has 0 spiro atoms. The van der Waals surface area contributed by atoms with Crippen LogP contribution in [0, 0.1) is 12.8 Å². The van der Waals surface area contributed by atoms with Crippen molar-refractivity contribution in [2.24, 2.45) is 5.92 Å². The maximum Gasteiger partial charge on any atom is 0.417 e. The van der Waals surface area contributed by atoms with Crippen LogP contribution in [0.25, 0.3) is 5.82 Å². The number of carboxylic acids is 1. The number of rotatable bonds is 6. The highest BCUT2D eigenvalue weighted by Crippen LogP contribution is 2.31. The van der Waals surface area contributed by atoms with Gasteiger partial charge in [-0.2, -0.15) is 18.3 Å². The highest BCUT2D eigenvalue weighted by atomic mass is 19.4. The third-order valence-electron chi connectivity index (χ3n) is 5.68. The van der Waals surface area contributed by atoms with Crippen molar-refractivity contribution in [1.82, 2.24) is 14.8 Å². The minimum atomic E-state index is -4.43. The molecule has 0 saturated heterocycles. The van der Waals surface area contributed by atoms with Gasteiger partial charge in [0.2, 0.25) is 0 Å². The molecule has 1 N–H and O–H groups in total. The summed E-state index contributed by atoms with van der Waals surface area (Å²) in [5.74, 6) is 0.400. The van der Waals surface area contributed by atoms with Gasteiger partial charge >= 0.3 is 12.1 Å². The summed E-state index contributed by atoms with van der Waals surface area (Å²) in [6.07, 6.45) is 0.658.